The number of hydrogen-bond donors (Lipinski definition) is 2. The molecule has 6 rings (SSSR count). The number of benzene rings is 3. The van der Waals surface area contributed by atoms with Gasteiger partial charge in [0.1, 0.15) is 23.1 Å². The van der Waals surface area contributed by atoms with Crippen LogP contribution in [0.15, 0.2) is 103 Å². The Kier molecular flexibility index (Phi) is 6.84. The Labute approximate surface area is 233 Å². The van der Waals surface area contributed by atoms with E-state index in [2.05, 4.69) is 15.6 Å². The lowest BCUT2D eigenvalue weighted by molar-refractivity contribution is -0.141. The number of aromatic nitrogens is 3. The third-order valence-corrected chi connectivity index (χ3v) is 6.64. The van der Waals surface area contributed by atoms with E-state index in [1.807, 2.05) is 78.9 Å². The first-order chi connectivity index (χ1) is 19.9. The van der Waals surface area contributed by atoms with E-state index >= 15 is 0 Å². The summed E-state index contributed by atoms with van der Waals surface area (Å²) in [4.78, 5) is 13.5. The lowest BCUT2D eigenvalue weighted by Crippen LogP contribution is -2.08. The number of hydrogen-bond acceptors (Lipinski definition) is 6. The van der Waals surface area contributed by atoms with E-state index in [9.17, 15) is 13.2 Å². The van der Waals surface area contributed by atoms with Gasteiger partial charge in [0.05, 0.1) is 23.8 Å². The number of anilines is 3. The number of rotatable bonds is 7. The molecule has 6 aromatic rings. The highest BCUT2D eigenvalue weighted by atomic mass is 19.4. The highest BCUT2D eigenvalue weighted by Crippen LogP contribution is 2.33. The van der Waals surface area contributed by atoms with Crippen molar-refractivity contribution in [2.45, 2.75) is 12.7 Å². The lowest BCUT2D eigenvalue weighted by Gasteiger charge is -2.15. The Morgan fingerprint density at radius 1 is 0.732 bits per heavy atom. The van der Waals surface area contributed by atoms with Gasteiger partial charge in [0.2, 0.25) is 0 Å². The summed E-state index contributed by atoms with van der Waals surface area (Å²) in [5, 5.41) is 8.25. The van der Waals surface area contributed by atoms with Gasteiger partial charge in [-0.1, -0.05) is 48.5 Å². The Hall–Kier alpha value is -5.18. The average Bonchev–Trinajstić information content (AvgIpc) is 2.99. The SMILES string of the molecule is COc1ccccc1CNc1nc2ccc(Nc3cccc(C(F)(F)F)n3)cc2cc1-c1ccc2ccccc2n1. The van der Waals surface area contributed by atoms with Gasteiger partial charge >= 0.3 is 6.18 Å². The third kappa shape index (κ3) is 5.60. The molecule has 2 N–H and O–H groups in total. The number of ether oxygens (including phenoxy) is 1. The maximum absolute atomic E-state index is 13.2. The Balaban J connectivity index is 1.40. The smallest absolute Gasteiger partial charge is 0.433 e. The van der Waals surface area contributed by atoms with Crippen molar-refractivity contribution in [2.24, 2.45) is 0 Å². The molecule has 0 spiro atoms. The molecule has 6 nitrogen and oxygen atoms in total. The molecule has 9 heteroatoms. The molecule has 0 bridgehead atoms. The summed E-state index contributed by atoms with van der Waals surface area (Å²) in [7, 11) is 1.64. The molecule has 3 heterocycles. The van der Waals surface area contributed by atoms with Crippen LogP contribution in [0.1, 0.15) is 11.3 Å². The molecule has 0 unspecified atom stereocenters. The van der Waals surface area contributed by atoms with E-state index in [0.29, 0.717) is 23.6 Å². The molecule has 0 saturated carbocycles. The standard InChI is InChI=1S/C32H24F3N5O/c1-41-28-10-5-3-8-21(28)19-36-31-24(27-15-13-20-7-2-4-9-25(20)38-27)18-22-17-23(14-16-26(22)39-31)37-30-12-6-11-29(40-30)32(33,34)35/h2-18H,19H2,1H3,(H,36,39)(H,37,40). The van der Waals surface area contributed by atoms with Crippen LogP contribution in [0.25, 0.3) is 33.1 Å². The Morgan fingerprint density at radius 3 is 2.39 bits per heavy atom. The van der Waals surface area contributed by atoms with Crippen molar-refractivity contribution < 1.29 is 17.9 Å². The van der Waals surface area contributed by atoms with Gasteiger partial charge in [-0.05, 0) is 54.6 Å². The number of nitrogens with one attached hydrogen (secondary N) is 2. The molecular formula is C32H24F3N5O. The van der Waals surface area contributed by atoms with Gasteiger partial charge in [-0.2, -0.15) is 13.2 Å². The van der Waals surface area contributed by atoms with Crippen LogP contribution in [-0.2, 0) is 12.7 Å². The largest absolute Gasteiger partial charge is 0.496 e. The molecule has 0 fully saturated rings. The Bertz CT molecular complexity index is 1870. The molecule has 3 aromatic heterocycles. The zero-order chi connectivity index (χ0) is 28.4. The van der Waals surface area contributed by atoms with Crippen LogP contribution in [0.2, 0.25) is 0 Å². The number of halogens is 3. The molecular weight excluding hydrogens is 527 g/mol. The molecule has 0 radical (unpaired) electrons. The summed E-state index contributed by atoms with van der Waals surface area (Å²) >= 11 is 0. The number of pyridine rings is 3. The zero-order valence-electron chi connectivity index (χ0n) is 21.9. The predicted octanol–water partition coefficient (Wildman–Crippen LogP) is 8.23. The first-order valence-electron chi connectivity index (χ1n) is 12.9. The van der Waals surface area contributed by atoms with Crippen LogP contribution in [-0.4, -0.2) is 22.1 Å². The predicted molar refractivity (Wildman–Crippen MR) is 155 cm³/mol. The van der Waals surface area contributed by atoms with Crippen LogP contribution in [0.5, 0.6) is 5.75 Å². The van der Waals surface area contributed by atoms with Crippen molar-refractivity contribution in [1.82, 2.24) is 15.0 Å². The molecule has 0 aliphatic rings. The summed E-state index contributed by atoms with van der Waals surface area (Å²) < 4.78 is 45.0. The van der Waals surface area contributed by atoms with Crippen molar-refractivity contribution in [2.75, 3.05) is 17.7 Å². The van der Waals surface area contributed by atoms with E-state index in [4.69, 9.17) is 14.7 Å². The van der Waals surface area contributed by atoms with Crippen LogP contribution >= 0.6 is 0 Å². The van der Waals surface area contributed by atoms with Gasteiger partial charge in [-0.25, -0.2) is 15.0 Å². The van der Waals surface area contributed by atoms with Gasteiger partial charge < -0.3 is 15.4 Å². The fourth-order valence-corrected chi connectivity index (χ4v) is 4.64. The van der Waals surface area contributed by atoms with Crippen molar-refractivity contribution in [3.63, 3.8) is 0 Å². The molecule has 0 aliphatic heterocycles. The summed E-state index contributed by atoms with van der Waals surface area (Å²) in [6.07, 6.45) is -4.53. The molecule has 3 aromatic carbocycles. The maximum atomic E-state index is 13.2. The molecule has 0 aliphatic carbocycles. The fourth-order valence-electron chi connectivity index (χ4n) is 4.64. The molecule has 0 atom stereocenters. The van der Waals surface area contributed by atoms with Crippen molar-refractivity contribution in [3.05, 3.63) is 114 Å². The third-order valence-electron chi connectivity index (χ3n) is 6.64. The second kappa shape index (κ2) is 10.8. The summed E-state index contributed by atoms with van der Waals surface area (Å²) in [6, 6.07) is 30.8. The zero-order valence-corrected chi connectivity index (χ0v) is 21.9. The first-order valence-corrected chi connectivity index (χ1v) is 12.9. The van der Waals surface area contributed by atoms with Gasteiger partial charge in [-0.3, -0.25) is 0 Å². The monoisotopic (exact) mass is 551 g/mol. The van der Waals surface area contributed by atoms with Gasteiger partial charge in [0, 0.05) is 34.1 Å². The molecule has 41 heavy (non-hydrogen) atoms. The van der Waals surface area contributed by atoms with Crippen molar-refractivity contribution in [1.29, 1.82) is 0 Å². The van der Waals surface area contributed by atoms with Gasteiger partial charge in [0.25, 0.3) is 0 Å². The highest BCUT2D eigenvalue weighted by molar-refractivity contribution is 5.92. The lowest BCUT2D eigenvalue weighted by atomic mass is 10.1. The Morgan fingerprint density at radius 2 is 1.54 bits per heavy atom. The van der Waals surface area contributed by atoms with E-state index < -0.39 is 11.9 Å². The van der Waals surface area contributed by atoms with Gasteiger partial charge in [0.15, 0.2) is 0 Å². The molecule has 204 valence electrons. The molecule has 0 saturated heterocycles. The van der Waals surface area contributed by atoms with Crippen LogP contribution in [0.4, 0.5) is 30.5 Å². The number of methoxy groups -OCH3 is 1. The minimum absolute atomic E-state index is 0.0960. The summed E-state index contributed by atoms with van der Waals surface area (Å²) in [6.45, 7) is 0.476. The quantitative estimate of drug-likeness (QED) is 0.208. The summed E-state index contributed by atoms with van der Waals surface area (Å²) in [5.41, 5.74) is 3.68. The van der Waals surface area contributed by atoms with Crippen molar-refractivity contribution >= 4 is 39.1 Å². The average molecular weight is 552 g/mol. The first kappa shape index (κ1) is 26.1. The van der Waals surface area contributed by atoms with Crippen LogP contribution < -0.4 is 15.4 Å². The number of alkyl halides is 3. The maximum Gasteiger partial charge on any atom is 0.433 e. The normalized spacial score (nSPS) is 11.5. The van der Waals surface area contributed by atoms with E-state index in [0.717, 1.165) is 44.9 Å². The number of fused-ring (bicyclic) bond motifs is 2. The number of para-hydroxylation sites is 2. The fraction of sp³-hybridized carbons (Fsp3) is 0.0938. The van der Waals surface area contributed by atoms with E-state index in [-0.39, 0.29) is 5.82 Å². The minimum Gasteiger partial charge on any atom is -0.496 e. The minimum atomic E-state index is -4.53. The van der Waals surface area contributed by atoms with E-state index in [1.165, 1.54) is 12.1 Å². The topological polar surface area (TPSA) is 72.0 Å². The molecule has 0 amide bonds. The second-order valence-corrected chi connectivity index (χ2v) is 9.38. The van der Waals surface area contributed by atoms with Crippen LogP contribution in [0, 0.1) is 0 Å². The highest BCUT2D eigenvalue weighted by Gasteiger charge is 2.32. The van der Waals surface area contributed by atoms with Crippen LogP contribution in [0.3, 0.4) is 0 Å². The number of nitrogens with zero attached hydrogens (tertiary/aromatic N) is 3. The second-order valence-electron chi connectivity index (χ2n) is 9.38. The van der Waals surface area contributed by atoms with E-state index in [1.54, 1.807) is 13.2 Å². The van der Waals surface area contributed by atoms with Gasteiger partial charge in [-0.15, -0.1) is 0 Å². The summed E-state index contributed by atoms with van der Waals surface area (Å²) in [5.74, 6) is 1.51. The van der Waals surface area contributed by atoms with Crippen molar-refractivity contribution in [3.8, 4) is 17.0 Å².